The van der Waals surface area contributed by atoms with Gasteiger partial charge in [0.1, 0.15) is 65.0 Å². The van der Waals surface area contributed by atoms with Gasteiger partial charge in [-0.1, -0.05) is 48.5 Å². The number of rotatable bonds is 10. The molecule has 0 amide bonds. The highest BCUT2D eigenvalue weighted by atomic mass is 16.5. The number of para-hydroxylation sites is 2. The first-order valence-corrected chi connectivity index (χ1v) is 19.4. The molecule has 10 rings (SSSR count). The van der Waals surface area contributed by atoms with Crippen LogP contribution in [0.1, 0.15) is 15.9 Å². The van der Waals surface area contributed by atoms with Crippen molar-refractivity contribution in [2.75, 3.05) is 11.5 Å². The number of aliphatic hydroxyl groups is 1. The molecule has 5 N–H and O–H groups in total. The van der Waals surface area contributed by atoms with Crippen molar-refractivity contribution in [3.8, 4) is 56.9 Å². The Balaban J connectivity index is 0.000000158. The summed E-state index contributed by atoms with van der Waals surface area (Å²) in [5, 5.41) is 20.2. The molecule has 302 valence electrons. The third-order valence-electron chi connectivity index (χ3n) is 9.84. The number of fused-ring (bicyclic) bond motifs is 2. The van der Waals surface area contributed by atoms with Crippen molar-refractivity contribution in [3.63, 3.8) is 0 Å². The standard InChI is InChI=1S/C24H19N5O2.C24H17N5O2/c2*25-23-21-22(17-8-12-20(13-9-17)31-19-4-2-1-3-5-19)28-29(24(21)27-15-26-23)18-10-6-16(14-30)7-11-18/h1-13,15,30H,14H2,(H2,25,26,27);1-15H,(H2,25,26,27). The third-order valence-corrected chi connectivity index (χ3v) is 9.84. The maximum absolute atomic E-state index is 11.0. The average Bonchev–Trinajstić information content (AvgIpc) is 3.92. The zero-order chi connectivity index (χ0) is 42.4. The number of nitrogens with two attached hydrogens (primary N) is 2. The Labute approximate surface area is 354 Å². The van der Waals surface area contributed by atoms with E-state index in [4.69, 9.17) is 31.1 Å². The van der Waals surface area contributed by atoms with Crippen molar-refractivity contribution < 1.29 is 19.4 Å². The number of nitrogen functional groups attached to an aromatic ring is 2. The number of hydrogen-bond donors (Lipinski definition) is 3. The molecular weight excluding hydrogens is 781 g/mol. The zero-order valence-corrected chi connectivity index (χ0v) is 32.9. The zero-order valence-electron chi connectivity index (χ0n) is 32.9. The Bertz CT molecular complexity index is 3120. The van der Waals surface area contributed by atoms with Gasteiger partial charge in [-0.2, -0.15) is 10.2 Å². The van der Waals surface area contributed by atoms with Gasteiger partial charge < -0.3 is 26.0 Å². The van der Waals surface area contributed by atoms with Crippen LogP contribution in [0.2, 0.25) is 0 Å². The molecule has 14 nitrogen and oxygen atoms in total. The molecule has 6 aromatic carbocycles. The quantitative estimate of drug-likeness (QED) is 0.111. The van der Waals surface area contributed by atoms with Gasteiger partial charge in [0.25, 0.3) is 0 Å². The molecule has 62 heavy (non-hydrogen) atoms. The summed E-state index contributed by atoms with van der Waals surface area (Å²) >= 11 is 0. The highest BCUT2D eigenvalue weighted by Crippen LogP contribution is 2.35. The number of carbonyl (C=O) groups excluding carboxylic acids is 1. The molecule has 4 heterocycles. The monoisotopic (exact) mass is 816 g/mol. The van der Waals surface area contributed by atoms with Crippen LogP contribution in [0.3, 0.4) is 0 Å². The third kappa shape index (κ3) is 7.99. The van der Waals surface area contributed by atoms with Crippen molar-refractivity contribution >= 4 is 40.0 Å². The lowest BCUT2D eigenvalue weighted by Crippen LogP contribution is -1.99. The smallest absolute Gasteiger partial charge is 0.169 e. The summed E-state index contributed by atoms with van der Waals surface area (Å²) in [4.78, 5) is 28.1. The van der Waals surface area contributed by atoms with Crippen molar-refractivity contribution in [1.29, 1.82) is 0 Å². The fraction of sp³-hybridized carbons (Fsp3) is 0.0208. The molecular formula is C48H36N10O4. The first-order chi connectivity index (χ1) is 30.4. The first kappa shape index (κ1) is 38.8. The maximum atomic E-state index is 11.0. The molecule has 0 aliphatic rings. The van der Waals surface area contributed by atoms with E-state index in [1.807, 2.05) is 146 Å². The van der Waals surface area contributed by atoms with Crippen LogP contribution in [-0.2, 0) is 6.61 Å². The molecule has 0 atom stereocenters. The van der Waals surface area contributed by atoms with E-state index >= 15 is 0 Å². The Hall–Kier alpha value is -8.75. The van der Waals surface area contributed by atoms with Gasteiger partial charge in [0.2, 0.25) is 0 Å². The van der Waals surface area contributed by atoms with Crippen LogP contribution in [0.15, 0.2) is 170 Å². The normalized spacial score (nSPS) is 10.9. The van der Waals surface area contributed by atoms with Crippen LogP contribution < -0.4 is 20.9 Å². The molecule has 0 fully saturated rings. The number of carbonyl (C=O) groups is 1. The second kappa shape index (κ2) is 17.2. The van der Waals surface area contributed by atoms with Crippen molar-refractivity contribution in [2.45, 2.75) is 6.61 Å². The van der Waals surface area contributed by atoms with Gasteiger partial charge in [0.05, 0.1) is 28.8 Å². The summed E-state index contributed by atoms with van der Waals surface area (Å²) < 4.78 is 15.2. The number of aliphatic hydroxyl groups excluding tert-OH is 1. The van der Waals surface area contributed by atoms with Gasteiger partial charge in [-0.25, -0.2) is 29.3 Å². The molecule has 0 aliphatic heterocycles. The van der Waals surface area contributed by atoms with Crippen molar-refractivity contribution in [1.82, 2.24) is 39.5 Å². The van der Waals surface area contributed by atoms with Crippen LogP contribution >= 0.6 is 0 Å². The fourth-order valence-corrected chi connectivity index (χ4v) is 6.76. The SMILES string of the molecule is Nc1ncnc2c1c(-c1ccc(Oc3ccccc3)cc1)nn2-c1ccc(C=O)cc1.Nc1ncnc2c1c(-c1ccc(Oc3ccccc3)cc1)nn2-c1ccc(CO)cc1. The van der Waals surface area contributed by atoms with Crippen LogP contribution in [0.25, 0.3) is 56.0 Å². The van der Waals surface area contributed by atoms with Crippen LogP contribution in [0.4, 0.5) is 11.6 Å². The number of anilines is 2. The Kier molecular flexibility index (Phi) is 10.8. The largest absolute Gasteiger partial charge is 0.457 e. The summed E-state index contributed by atoms with van der Waals surface area (Å²) in [6.07, 6.45) is 3.64. The van der Waals surface area contributed by atoms with Gasteiger partial charge >= 0.3 is 0 Å². The summed E-state index contributed by atoms with van der Waals surface area (Å²) in [6.45, 7) is -0.0160. The number of ether oxygens (including phenoxy) is 2. The van der Waals surface area contributed by atoms with E-state index in [0.717, 1.165) is 51.6 Å². The Morgan fingerprint density at radius 3 is 1.31 bits per heavy atom. The Morgan fingerprint density at radius 2 is 0.903 bits per heavy atom. The summed E-state index contributed by atoms with van der Waals surface area (Å²) in [6, 6.07) is 49.0. The number of aromatic nitrogens is 8. The highest BCUT2D eigenvalue weighted by Gasteiger charge is 2.20. The maximum Gasteiger partial charge on any atom is 0.169 e. The van der Waals surface area contributed by atoms with E-state index in [-0.39, 0.29) is 6.61 Å². The first-order valence-electron chi connectivity index (χ1n) is 19.4. The molecule has 14 heteroatoms. The van der Waals surface area contributed by atoms with Gasteiger partial charge in [0.15, 0.2) is 11.3 Å². The van der Waals surface area contributed by atoms with E-state index in [9.17, 15) is 9.90 Å². The predicted molar refractivity (Wildman–Crippen MR) is 237 cm³/mol. The average molecular weight is 817 g/mol. The topological polar surface area (TPSA) is 195 Å². The van der Waals surface area contributed by atoms with Gasteiger partial charge in [-0.05, 0) is 115 Å². The summed E-state index contributed by atoms with van der Waals surface area (Å²) in [7, 11) is 0. The number of hydrogen-bond acceptors (Lipinski definition) is 12. The molecule has 0 saturated heterocycles. The van der Waals surface area contributed by atoms with Crippen molar-refractivity contribution in [3.05, 3.63) is 182 Å². The number of aldehydes is 1. The van der Waals surface area contributed by atoms with E-state index in [0.29, 0.717) is 56.4 Å². The lowest BCUT2D eigenvalue weighted by molar-refractivity contribution is 0.112. The lowest BCUT2D eigenvalue weighted by Gasteiger charge is -2.06. The number of benzene rings is 6. The molecule has 0 radical (unpaired) electrons. The van der Waals surface area contributed by atoms with Gasteiger partial charge in [0, 0.05) is 16.7 Å². The lowest BCUT2D eigenvalue weighted by atomic mass is 10.1. The van der Waals surface area contributed by atoms with Crippen molar-refractivity contribution in [2.24, 2.45) is 0 Å². The minimum absolute atomic E-state index is 0.0160. The van der Waals surface area contributed by atoms with E-state index in [2.05, 4.69) is 19.9 Å². The Morgan fingerprint density at radius 1 is 0.500 bits per heavy atom. The van der Waals surface area contributed by atoms with E-state index < -0.39 is 0 Å². The minimum atomic E-state index is -0.0160. The second-order valence-electron chi connectivity index (χ2n) is 13.8. The molecule has 10 aromatic rings. The molecule has 0 saturated carbocycles. The molecule has 0 aliphatic carbocycles. The number of nitrogens with zero attached hydrogens (tertiary/aromatic N) is 8. The highest BCUT2D eigenvalue weighted by molar-refractivity contribution is 6.00. The predicted octanol–water partition coefficient (Wildman–Crippen LogP) is 9.02. The summed E-state index contributed by atoms with van der Waals surface area (Å²) in [5.41, 5.74) is 19.7. The van der Waals surface area contributed by atoms with Gasteiger partial charge in [-0.15, -0.1) is 0 Å². The second-order valence-corrected chi connectivity index (χ2v) is 13.8. The molecule has 0 bridgehead atoms. The van der Waals surface area contributed by atoms with Crippen LogP contribution in [-0.4, -0.2) is 50.9 Å². The van der Waals surface area contributed by atoms with Crippen LogP contribution in [0, 0.1) is 0 Å². The van der Waals surface area contributed by atoms with E-state index in [1.54, 1.807) is 21.5 Å². The minimum Gasteiger partial charge on any atom is -0.457 e. The fourth-order valence-electron chi connectivity index (χ4n) is 6.76. The summed E-state index contributed by atoms with van der Waals surface area (Å²) in [5.74, 6) is 3.69. The molecule has 0 spiro atoms. The van der Waals surface area contributed by atoms with Crippen LogP contribution in [0.5, 0.6) is 23.0 Å². The molecule has 0 unspecified atom stereocenters. The molecule has 4 aromatic heterocycles. The van der Waals surface area contributed by atoms with Gasteiger partial charge in [-0.3, -0.25) is 4.79 Å². The van der Waals surface area contributed by atoms with E-state index in [1.165, 1.54) is 12.7 Å².